The average molecular weight is 466 g/mol. The lowest BCUT2D eigenvalue weighted by atomic mass is 9.87. The number of methoxy groups -OCH3 is 1. The lowest BCUT2D eigenvalue weighted by Gasteiger charge is -2.18. The van der Waals surface area contributed by atoms with Crippen molar-refractivity contribution in [3.8, 4) is 33.9 Å². The molecule has 3 nitrogen and oxygen atoms in total. The molecule has 5 heteroatoms. The van der Waals surface area contributed by atoms with Crippen molar-refractivity contribution < 1.29 is 9.47 Å². The van der Waals surface area contributed by atoms with Gasteiger partial charge < -0.3 is 9.47 Å². The Labute approximate surface area is 199 Å². The number of pyridine rings is 1. The second-order valence-corrected chi connectivity index (χ2v) is 9.36. The molecule has 1 aliphatic rings. The maximum absolute atomic E-state index is 5.62. The molecule has 1 unspecified atom stereocenters. The highest BCUT2D eigenvalue weighted by Gasteiger charge is 2.24. The molecule has 1 atom stereocenters. The minimum Gasteiger partial charge on any atom is -0.497 e. The van der Waals surface area contributed by atoms with Crippen molar-refractivity contribution in [2.45, 2.75) is 33.1 Å². The maximum Gasteiger partial charge on any atom is 0.125 e. The first-order valence-electron chi connectivity index (χ1n) is 11.0. The zero-order valence-electron chi connectivity index (χ0n) is 18.7. The number of rotatable bonds is 5. The summed E-state index contributed by atoms with van der Waals surface area (Å²) >= 11 is 1.88. The largest absolute Gasteiger partial charge is 0.497 e. The highest BCUT2D eigenvalue weighted by atomic mass is 35.5. The van der Waals surface area contributed by atoms with E-state index in [-0.39, 0.29) is 12.4 Å². The van der Waals surface area contributed by atoms with Gasteiger partial charge in [-0.25, -0.2) is 4.98 Å². The number of hydrogen-bond donors (Lipinski definition) is 0. The Kier molecular flexibility index (Phi) is 6.73. The van der Waals surface area contributed by atoms with Crippen LogP contribution in [0.1, 0.15) is 30.7 Å². The number of benzene rings is 2. The van der Waals surface area contributed by atoms with Gasteiger partial charge in [0.05, 0.1) is 19.4 Å². The van der Waals surface area contributed by atoms with Gasteiger partial charge in [-0.2, -0.15) is 0 Å². The summed E-state index contributed by atoms with van der Waals surface area (Å²) in [6.45, 7) is 5.03. The summed E-state index contributed by atoms with van der Waals surface area (Å²) < 4.78 is 11.0. The van der Waals surface area contributed by atoms with Crippen LogP contribution >= 0.6 is 23.7 Å². The number of ether oxygens (including phenoxy) is 2. The number of thiophene rings is 1. The highest BCUT2D eigenvalue weighted by molar-refractivity contribution is 7.19. The number of fused-ring (bicyclic) bond motifs is 3. The summed E-state index contributed by atoms with van der Waals surface area (Å²) in [5.41, 5.74) is 6.10. The minimum absolute atomic E-state index is 0. The third kappa shape index (κ3) is 4.22. The van der Waals surface area contributed by atoms with Gasteiger partial charge in [-0.3, -0.25) is 0 Å². The van der Waals surface area contributed by atoms with Gasteiger partial charge in [-0.15, -0.1) is 23.7 Å². The Morgan fingerprint density at radius 2 is 1.69 bits per heavy atom. The number of aromatic nitrogens is 1. The predicted molar refractivity (Wildman–Crippen MR) is 137 cm³/mol. The fourth-order valence-corrected chi connectivity index (χ4v) is 5.89. The van der Waals surface area contributed by atoms with Crippen molar-refractivity contribution in [1.82, 2.24) is 4.98 Å². The quantitative estimate of drug-likeness (QED) is 0.304. The fraction of sp³-hybridized carbons (Fsp3) is 0.296. The second kappa shape index (κ2) is 9.51. The molecule has 0 radical (unpaired) electrons. The van der Waals surface area contributed by atoms with E-state index in [4.69, 9.17) is 14.5 Å². The molecule has 0 saturated carbocycles. The zero-order chi connectivity index (χ0) is 21.4. The topological polar surface area (TPSA) is 31.4 Å². The van der Waals surface area contributed by atoms with E-state index in [0.717, 1.165) is 46.3 Å². The van der Waals surface area contributed by atoms with Crippen LogP contribution in [0.3, 0.4) is 0 Å². The first-order chi connectivity index (χ1) is 15.2. The van der Waals surface area contributed by atoms with Gasteiger partial charge in [0.25, 0.3) is 0 Å². The summed E-state index contributed by atoms with van der Waals surface area (Å²) in [5.74, 6) is 2.51. The van der Waals surface area contributed by atoms with E-state index >= 15 is 0 Å². The minimum atomic E-state index is 0. The van der Waals surface area contributed by atoms with Crippen LogP contribution in [0.4, 0.5) is 0 Å². The van der Waals surface area contributed by atoms with E-state index in [1.54, 1.807) is 7.11 Å². The molecule has 0 N–H and O–H groups in total. The molecule has 0 spiro atoms. The van der Waals surface area contributed by atoms with Crippen LogP contribution in [0, 0.1) is 5.92 Å². The normalized spacial score (nSPS) is 15.2. The summed E-state index contributed by atoms with van der Waals surface area (Å²) in [6.07, 6.45) is 3.56. The van der Waals surface area contributed by atoms with Crippen LogP contribution in [-0.2, 0) is 12.8 Å². The number of hydrogen-bond acceptors (Lipinski definition) is 4. The highest BCUT2D eigenvalue weighted by Crippen LogP contribution is 2.43. The first kappa shape index (κ1) is 22.6. The molecule has 0 aliphatic heterocycles. The zero-order valence-corrected chi connectivity index (χ0v) is 20.3. The molecule has 2 heterocycles. The van der Waals surface area contributed by atoms with Crippen LogP contribution < -0.4 is 9.47 Å². The Balaban J connectivity index is 0.00000245. The molecular weight excluding hydrogens is 438 g/mol. The summed E-state index contributed by atoms with van der Waals surface area (Å²) in [5, 5.41) is 1.34. The first-order valence-corrected chi connectivity index (χ1v) is 11.8. The Hall–Kier alpha value is -2.56. The van der Waals surface area contributed by atoms with Crippen LogP contribution in [-0.4, -0.2) is 18.7 Å². The van der Waals surface area contributed by atoms with Gasteiger partial charge in [0.2, 0.25) is 0 Å². The van der Waals surface area contributed by atoms with E-state index in [0.29, 0.717) is 6.61 Å². The van der Waals surface area contributed by atoms with E-state index in [1.165, 1.54) is 33.4 Å². The lowest BCUT2D eigenvalue weighted by molar-refractivity contribution is 0.340. The van der Waals surface area contributed by atoms with E-state index < -0.39 is 0 Å². The molecular formula is C27H28ClNO2S. The number of aryl methyl sites for hydroxylation is 1. The van der Waals surface area contributed by atoms with Crippen molar-refractivity contribution in [1.29, 1.82) is 0 Å². The monoisotopic (exact) mass is 465 g/mol. The predicted octanol–water partition coefficient (Wildman–Crippen LogP) is 7.58. The van der Waals surface area contributed by atoms with E-state index in [2.05, 4.69) is 37.3 Å². The third-order valence-electron chi connectivity index (χ3n) is 6.13. The van der Waals surface area contributed by atoms with Crippen molar-refractivity contribution in [3.63, 3.8) is 0 Å². The van der Waals surface area contributed by atoms with Crippen LogP contribution in [0.25, 0.3) is 32.6 Å². The van der Waals surface area contributed by atoms with Crippen molar-refractivity contribution in [3.05, 3.63) is 65.0 Å². The Morgan fingerprint density at radius 1 is 1.00 bits per heavy atom. The second-order valence-electron chi connectivity index (χ2n) is 8.27. The molecule has 2 aromatic heterocycles. The number of halogens is 1. The molecule has 32 heavy (non-hydrogen) atoms. The average Bonchev–Trinajstić information content (AvgIpc) is 3.16. The van der Waals surface area contributed by atoms with E-state index in [9.17, 15) is 0 Å². The lowest BCUT2D eigenvalue weighted by Crippen LogP contribution is -2.08. The maximum atomic E-state index is 5.62. The van der Waals surface area contributed by atoms with Gasteiger partial charge >= 0.3 is 0 Å². The summed E-state index contributed by atoms with van der Waals surface area (Å²) in [7, 11) is 1.71. The Bertz CT molecular complexity index is 1220. The van der Waals surface area contributed by atoms with Gasteiger partial charge in [-0.1, -0.05) is 19.1 Å². The molecule has 0 bridgehead atoms. The van der Waals surface area contributed by atoms with Crippen LogP contribution in [0.2, 0.25) is 0 Å². The van der Waals surface area contributed by atoms with Gasteiger partial charge in [0, 0.05) is 15.8 Å². The van der Waals surface area contributed by atoms with Crippen LogP contribution in [0.5, 0.6) is 11.5 Å². The molecule has 1 aliphatic carbocycles. The van der Waals surface area contributed by atoms with Crippen molar-refractivity contribution in [2.24, 2.45) is 5.92 Å². The standard InChI is InChI=1S/C27H27NO2S.ClH/c1-4-30-21-12-8-19(9-13-21)24-16-23(18-6-10-20(29-3)11-7-18)26-22-14-5-17(2)15-25(22)31-27(26)28-24;/h6-13,16-17H,4-5,14-15H2,1-3H3;1H. The molecule has 5 rings (SSSR count). The molecule has 0 fully saturated rings. The SMILES string of the molecule is CCOc1ccc(-c2cc(-c3ccc(OC)cc3)c3c4c(sc3n2)CC(C)CC4)cc1.Cl. The third-order valence-corrected chi connectivity index (χ3v) is 7.28. The molecule has 166 valence electrons. The van der Waals surface area contributed by atoms with Crippen LogP contribution in [0.15, 0.2) is 54.6 Å². The number of nitrogens with zero attached hydrogens (tertiary/aromatic N) is 1. The van der Waals surface area contributed by atoms with Crippen molar-refractivity contribution in [2.75, 3.05) is 13.7 Å². The van der Waals surface area contributed by atoms with Gasteiger partial charge in [0.15, 0.2) is 0 Å². The van der Waals surface area contributed by atoms with Gasteiger partial charge in [0.1, 0.15) is 16.3 Å². The van der Waals surface area contributed by atoms with E-state index in [1.807, 2.05) is 42.5 Å². The smallest absolute Gasteiger partial charge is 0.125 e. The fourth-order valence-electron chi connectivity index (χ4n) is 4.48. The van der Waals surface area contributed by atoms with Crippen molar-refractivity contribution >= 4 is 34.0 Å². The molecule has 4 aromatic rings. The molecule has 2 aromatic carbocycles. The molecule has 0 saturated heterocycles. The van der Waals surface area contributed by atoms with Gasteiger partial charge in [-0.05, 0) is 91.3 Å². The molecule has 0 amide bonds. The summed E-state index contributed by atoms with van der Waals surface area (Å²) in [6, 6.07) is 18.9. The summed E-state index contributed by atoms with van der Waals surface area (Å²) in [4.78, 5) is 7.79. The Morgan fingerprint density at radius 3 is 2.38 bits per heavy atom.